The first kappa shape index (κ1) is 17.2. The molecule has 130 valence electrons. The molecule has 3 heteroatoms. The molecule has 0 aromatic carbocycles. The van der Waals surface area contributed by atoms with Gasteiger partial charge in [0.1, 0.15) is 6.10 Å². The maximum absolute atomic E-state index is 10.9. The van der Waals surface area contributed by atoms with Crippen molar-refractivity contribution in [3.63, 3.8) is 0 Å². The van der Waals surface area contributed by atoms with Gasteiger partial charge in [-0.3, -0.25) is 0 Å². The molecule has 1 saturated heterocycles. The summed E-state index contributed by atoms with van der Waals surface area (Å²) in [6.45, 7) is 10.7. The van der Waals surface area contributed by atoms with Gasteiger partial charge in [0.15, 0.2) is 0 Å². The Morgan fingerprint density at radius 3 is 2.74 bits per heavy atom. The summed E-state index contributed by atoms with van der Waals surface area (Å²) in [5.41, 5.74) is 1.86. The maximum atomic E-state index is 10.9. The third-order valence-corrected chi connectivity index (χ3v) is 5.88. The minimum atomic E-state index is -0.815. The van der Waals surface area contributed by atoms with Crippen molar-refractivity contribution in [1.29, 1.82) is 0 Å². The summed E-state index contributed by atoms with van der Waals surface area (Å²) in [5.74, 6) is 0.441. The Hall–Kier alpha value is -0.640. The molecule has 0 saturated carbocycles. The molecule has 3 heterocycles. The van der Waals surface area contributed by atoms with Gasteiger partial charge in [-0.1, -0.05) is 31.6 Å². The normalized spacial score (nSPS) is 44.6. The number of aliphatic hydroxyl groups is 1. The summed E-state index contributed by atoms with van der Waals surface area (Å²) in [6.07, 6.45) is 9.38. The molecule has 3 aliphatic rings. The van der Waals surface area contributed by atoms with Crippen LogP contribution in [0.15, 0.2) is 23.3 Å². The quantitative estimate of drug-likeness (QED) is 0.583. The van der Waals surface area contributed by atoms with E-state index < -0.39 is 5.60 Å². The minimum absolute atomic E-state index is 0.0618. The van der Waals surface area contributed by atoms with Crippen molar-refractivity contribution in [2.24, 2.45) is 5.92 Å². The lowest BCUT2D eigenvalue weighted by Gasteiger charge is -2.30. The zero-order valence-corrected chi connectivity index (χ0v) is 15.3. The van der Waals surface area contributed by atoms with Crippen LogP contribution in [-0.2, 0) is 9.47 Å². The van der Waals surface area contributed by atoms with Crippen LogP contribution in [0.5, 0.6) is 0 Å². The topological polar surface area (TPSA) is 42.0 Å². The zero-order chi connectivity index (χ0) is 16.8. The number of fused-ring (bicyclic) bond motifs is 3. The lowest BCUT2D eigenvalue weighted by atomic mass is 9.87. The van der Waals surface area contributed by atoms with Gasteiger partial charge in [0, 0.05) is 6.42 Å². The van der Waals surface area contributed by atoms with E-state index in [-0.39, 0.29) is 17.8 Å². The van der Waals surface area contributed by atoms with Crippen molar-refractivity contribution >= 4 is 0 Å². The third-order valence-electron chi connectivity index (χ3n) is 5.88. The molecule has 0 aromatic heterocycles. The van der Waals surface area contributed by atoms with Gasteiger partial charge in [0.2, 0.25) is 0 Å². The summed E-state index contributed by atoms with van der Waals surface area (Å²) < 4.78 is 12.3. The highest BCUT2D eigenvalue weighted by atomic mass is 16.6. The molecule has 0 amide bonds. The van der Waals surface area contributed by atoms with Gasteiger partial charge in [0.05, 0.1) is 23.4 Å². The van der Waals surface area contributed by atoms with E-state index in [1.807, 2.05) is 6.92 Å². The minimum Gasteiger partial charge on any atom is -0.387 e. The molecule has 3 rings (SSSR count). The second-order valence-corrected chi connectivity index (χ2v) is 8.47. The Morgan fingerprint density at radius 2 is 2.04 bits per heavy atom. The first-order valence-corrected chi connectivity index (χ1v) is 9.14. The van der Waals surface area contributed by atoms with Crippen LogP contribution in [0.3, 0.4) is 0 Å². The molecule has 3 nitrogen and oxygen atoms in total. The summed E-state index contributed by atoms with van der Waals surface area (Å²) in [7, 11) is 0. The maximum Gasteiger partial charge on any atom is 0.105 e. The van der Waals surface area contributed by atoms with Crippen LogP contribution in [0, 0.1) is 5.92 Å². The number of allylic oxidation sites excluding steroid dienone is 2. The van der Waals surface area contributed by atoms with Crippen LogP contribution < -0.4 is 0 Å². The first-order chi connectivity index (χ1) is 10.7. The van der Waals surface area contributed by atoms with Gasteiger partial charge in [-0.05, 0) is 57.9 Å². The predicted molar refractivity (Wildman–Crippen MR) is 92.3 cm³/mol. The van der Waals surface area contributed by atoms with Crippen molar-refractivity contribution in [3.8, 4) is 0 Å². The second kappa shape index (κ2) is 6.02. The van der Waals surface area contributed by atoms with Crippen LogP contribution in [0.2, 0.25) is 0 Å². The van der Waals surface area contributed by atoms with Gasteiger partial charge < -0.3 is 14.6 Å². The molecule has 2 bridgehead atoms. The van der Waals surface area contributed by atoms with Gasteiger partial charge in [-0.25, -0.2) is 0 Å². The molecule has 0 radical (unpaired) electrons. The average Bonchev–Trinajstić information content (AvgIpc) is 2.88. The standard InChI is InChI=1S/C20H32O3/c1-13(2)15-11-18-19(4,21)10-6-7-14(3)8-9-17-20(5,23-17)12-16(15)22-18/h7,11,13,16-18,21H,6,8-10,12H2,1-5H3. The highest BCUT2D eigenvalue weighted by Gasteiger charge is 2.54. The molecule has 1 N–H and O–H groups in total. The Balaban J connectivity index is 1.85. The fourth-order valence-electron chi connectivity index (χ4n) is 4.05. The van der Waals surface area contributed by atoms with Gasteiger partial charge >= 0.3 is 0 Å². The Labute approximate surface area is 140 Å². The van der Waals surface area contributed by atoms with Gasteiger partial charge in [0.25, 0.3) is 0 Å². The molecule has 23 heavy (non-hydrogen) atoms. The molecule has 5 unspecified atom stereocenters. The molecular formula is C20H32O3. The van der Waals surface area contributed by atoms with Gasteiger partial charge in [-0.15, -0.1) is 0 Å². The van der Waals surface area contributed by atoms with Crippen LogP contribution >= 0.6 is 0 Å². The summed E-state index contributed by atoms with van der Waals surface area (Å²) in [4.78, 5) is 0. The van der Waals surface area contributed by atoms with Crippen molar-refractivity contribution in [2.75, 3.05) is 0 Å². The van der Waals surface area contributed by atoms with Crippen LogP contribution in [0.4, 0.5) is 0 Å². The zero-order valence-electron chi connectivity index (χ0n) is 15.3. The predicted octanol–water partition coefficient (Wildman–Crippen LogP) is 4.16. The SMILES string of the molecule is CC1=CCCC(C)(O)C2C=C(C(C)C)C(CC3(C)OC3CC1)O2. The van der Waals surface area contributed by atoms with E-state index in [0.29, 0.717) is 12.0 Å². The smallest absolute Gasteiger partial charge is 0.105 e. The van der Waals surface area contributed by atoms with E-state index in [1.165, 1.54) is 11.1 Å². The second-order valence-electron chi connectivity index (χ2n) is 8.47. The highest BCUT2D eigenvalue weighted by molar-refractivity contribution is 5.24. The molecule has 1 fully saturated rings. The lowest BCUT2D eigenvalue weighted by Crippen LogP contribution is -2.39. The van der Waals surface area contributed by atoms with Crippen LogP contribution in [0.25, 0.3) is 0 Å². The van der Waals surface area contributed by atoms with Crippen molar-refractivity contribution < 1.29 is 14.6 Å². The summed E-state index contributed by atoms with van der Waals surface area (Å²) in [5, 5.41) is 10.9. The highest BCUT2D eigenvalue weighted by Crippen LogP contribution is 2.47. The molecule has 0 aromatic rings. The van der Waals surface area contributed by atoms with Crippen molar-refractivity contribution in [2.45, 2.75) is 96.2 Å². The fourth-order valence-corrected chi connectivity index (χ4v) is 4.05. The average molecular weight is 320 g/mol. The van der Waals surface area contributed by atoms with E-state index in [1.54, 1.807) is 0 Å². The van der Waals surface area contributed by atoms with Crippen molar-refractivity contribution in [1.82, 2.24) is 0 Å². The largest absolute Gasteiger partial charge is 0.387 e. The van der Waals surface area contributed by atoms with Gasteiger partial charge in [-0.2, -0.15) is 0 Å². The summed E-state index contributed by atoms with van der Waals surface area (Å²) in [6, 6.07) is 0. The number of epoxide rings is 1. The van der Waals surface area contributed by atoms with Crippen LogP contribution in [0.1, 0.15) is 66.7 Å². The molecule has 3 aliphatic heterocycles. The van der Waals surface area contributed by atoms with E-state index in [0.717, 1.165) is 32.1 Å². The first-order valence-electron chi connectivity index (χ1n) is 9.14. The van der Waals surface area contributed by atoms with E-state index in [4.69, 9.17) is 9.47 Å². The fraction of sp³-hybridized carbons (Fsp3) is 0.800. The Bertz CT molecular complexity index is 517. The summed E-state index contributed by atoms with van der Waals surface area (Å²) >= 11 is 0. The monoisotopic (exact) mass is 320 g/mol. The number of ether oxygens (including phenoxy) is 2. The molecular weight excluding hydrogens is 288 g/mol. The Morgan fingerprint density at radius 1 is 1.30 bits per heavy atom. The third kappa shape index (κ3) is 3.57. The van der Waals surface area contributed by atoms with E-state index in [2.05, 4.69) is 39.8 Å². The lowest BCUT2D eigenvalue weighted by molar-refractivity contribution is -0.0906. The van der Waals surface area contributed by atoms with Crippen molar-refractivity contribution in [3.05, 3.63) is 23.3 Å². The molecule has 5 atom stereocenters. The van der Waals surface area contributed by atoms with E-state index >= 15 is 0 Å². The van der Waals surface area contributed by atoms with E-state index in [9.17, 15) is 5.11 Å². The number of hydrogen-bond donors (Lipinski definition) is 1. The molecule has 0 aliphatic carbocycles. The molecule has 0 spiro atoms. The number of hydrogen-bond acceptors (Lipinski definition) is 3. The number of rotatable bonds is 1. The van der Waals surface area contributed by atoms with Crippen LogP contribution in [-0.4, -0.2) is 34.6 Å². The Kier molecular flexibility index (Phi) is 4.50.